The SMILES string of the molecule is CC1(N)C(O)C(CO)OC1n1cnc2c(N)ncnc21. The van der Waals surface area contributed by atoms with Crippen molar-refractivity contribution in [2.24, 2.45) is 5.73 Å². The smallest absolute Gasteiger partial charge is 0.167 e. The Balaban J connectivity index is 2.10. The number of ether oxygens (including phenoxy) is 1. The van der Waals surface area contributed by atoms with Gasteiger partial charge in [-0.25, -0.2) is 15.0 Å². The molecule has 0 aromatic carbocycles. The average Bonchev–Trinajstić information content (AvgIpc) is 2.92. The lowest BCUT2D eigenvalue weighted by molar-refractivity contribution is -0.0455. The van der Waals surface area contributed by atoms with Crippen molar-refractivity contribution >= 4 is 17.0 Å². The summed E-state index contributed by atoms with van der Waals surface area (Å²) in [5.41, 5.74) is 11.7. The van der Waals surface area contributed by atoms with Crippen molar-refractivity contribution in [1.29, 1.82) is 0 Å². The molecule has 9 heteroatoms. The van der Waals surface area contributed by atoms with Gasteiger partial charge in [-0.2, -0.15) is 0 Å². The Morgan fingerprint density at radius 2 is 2.20 bits per heavy atom. The first kappa shape index (κ1) is 13.2. The van der Waals surface area contributed by atoms with E-state index in [2.05, 4.69) is 15.0 Å². The number of fused-ring (bicyclic) bond motifs is 1. The minimum atomic E-state index is -1.10. The van der Waals surface area contributed by atoms with Crippen LogP contribution in [0.15, 0.2) is 12.7 Å². The zero-order chi connectivity index (χ0) is 14.5. The van der Waals surface area contributed by atoms with Crippen LogP contribution in [-0.2, 0) is 4.74 Å². The molecule has 2 aromatic heterocycles. The maximum absolute atomic E-state index is 10.1. The molecule has 1 saturated heterocycles. The average molecular weight is 280 g/mol. The lowest BCUT2D eigenvalue weighted by Gasteiger charge is -2.28. The summed E-state index contributed by atoms with van der Waals surface area (Å²) in [4.78, 5) is 12.1. The van der Waals surface area contributed by atoms with Crippen LogP contribution in [0.25, 0.3) is 11.2 Å². The van der Waals surface area contributed by atoms with Gasteiger partial charge in [0.05, 0.1) is 18.5 Å². The predicted molar refractivity (Wildman–Crippen MR) is 69.3 cm³/mol. The highest BCUT2D eigenvalue weighted by Crippen LogP contribution is 2.37. The van der Waals surface area contributed by atoms with E-state index < -0.39 is 24.0 Å². The number of nitrogen functional groups attached to an aromatic ring is 1. The van der Waals surface area contributed by atoms with Crippen molar-refractivity contribution in [2.45, 2.75) is 30.9 Å². The van der Waals surface area contributed by atoms with E-state index in [9.17, 15) is 10.2 Å². The number of aliphatic hydroxyl groups is 2. The number of hydrogen-bond donors (Lipinski definition) is 4. The molecule has 0 spiro atoms. The molecule has 4 unspecified atom stereocenters. The molecule has 20 heavy (non-hydrogen) atoms. The summed E-state index contributed by atoms with van der Waals surface area (Å²) in [6, 6.07) is 0. The second-order valence-corrected chi connectivity index (χ2v) is 5.10. The lowest BCUT2D eigenvalue weighted by atomic mass is 9.93. The fraction of sp³-hybridized carbons (Fsp3) is 0.545. The number of aliphatic hydroxyl groups excluding tert-OH is 2. The molecule has 1 aliphatic heterocycles. The molecule has 4 atom stereocenters. The zero-order valence-electron chi connectivity index (χ0n) is 10.8. The van der Waals surface area contributed by atoms with Crippen molar-refractivity contribution in [2.75, 3.05) is 12.3 Å². The van der Waals surface area contributed by atoms with Crippen LogP contribution in [0.3, 0.4) is 0 Å². The van der Waals surface area contributed by atoms with Crippen molar-refractivity contribution in [3.63, 3.8) is 0 Å². The number of imidazole rings is 1. The van der Waals surface area contributed by atoms with Crippen LogP contribution in [0.4, 0.5) is 5.82 Å². The Labute approximate surface area is 114 Å². The van der Waals surface area contributed by atoms with Gasteiger partial charge in [-0.1, -0.05) is 0 Å². The van der Waals surface area contributed by atoms with E-state index >= 15 is 0 Å². The van der Waals surface area contributed by atoms with E-state index in [-0.39, 0.29) is 12.4 Å². The Hall–Kier alpha value is -1.81. The fourth-order valence-electron chi connectivity index (χ4n) is 2.48. The van der Waals surface area contributed by atoms with Gasteiger partial charge in [0.2, 0.25) is 0 Å². The first-order valence-electron chi connectivity index (χ1n) is 6.13. The van der Waals surface area contributed by atoms with E-state index in [0.29, 0.717) is 11.2 Å². The van der Waals surface area contributed by atoms with Gasteiger partial charge >= 0.3 is 0 Å². The molecule has 3 rings (SSSR count). The van der Waals surface area contributed by atoms with Crippen LogP contribution in [-0.4, -0.2) is 54.1 Å². The highest BCUT2D eigenvalue weighted by Gasteiger charge is 2.51. The normalized spacial score (nSPS) is 33.9. The molecule has 1 fully saturated rings. The summed E-state index contributed by atoms with van der Waals surface area (Å²) < 4.78 is 7.22. The minimum Gasteiger partial charge on any atom is -0.394 e. The quantitative estimate of drug-likeness (QED) is 0.513. The molecule has 1 aliphatic rings. The van der Waals surface area contributed by atoms with E-state index in [0.717, 1.165) is 0 Å². The largest absolute Gasteiger partial charge is 0.394 e. The van der Waals surface area contributed by atoms with Gasteiger partial charge in [0.1, 0.15) is 24.1 Å². The molecular formula is C11H16N6O3. The third kappa shape index (κ3) is 1.68. The van der Waals surface area contributed by atoms with E-state index in [1.165, 1.54) is 12.7 Å². The molecule has 108 valence electrons. The summed E-state index contributed by atoms with van der Waals surface area (Å²) in [6.07, 6.45) is 0.325. The molecule has 0 radical (unpaired) electrons. The van der Waals surface area contributed by atoms with E-state index in [4.69, 9.17) is 16.2 Å². The van der Waals surface area contributed by atoms with Gasteiger partial charge in [0, 0.05) is 0 Å². The fourth-order valence-corrected chi connectivity index (χ4v) is 2.48. The van der Waals surface area contributed by atoms with Gasteiger partial charge in [0.15, 0.2) is 17.7 Å². The van der Waals surface area contributed by atoms with Crippen LogP contribution in [0, 0.1) is 0 Å². The summed E-state index contributed by atoms with van der Waals surface area (Å²) in [5, 5.41) is 19.3. The number of hydrogen-bond acceptors (Lipinski definition) is 8. The molecule has 3 heterocycles. The molecule has 0 bridgehead atoms. The Bertz CT molecular complexity index is 642. The zero-order valence-corrected chi connectivity index (χ0v) is 10.8. The standard InChI is InChI=1S/C11H16N6O3/c1-11(13)7(19)5(2-18)20-10(11)17-4-16-6-8(12)14-3-15-9(6)17/h3-5,7,10,18-19H,2,13H2,1H3,(H2,12,14,15). The Morgan fingerprint density at radius 1 is 1.45 bits per heavy atom. The summed E-state index contributed by atoms with van der Waals surface area (Å²) in [6.45, 7) is 1.32. The van der Waals surface area contributed by atoms with Crippen LogP contribution < -0.4 is 11.5 Å². The number of aromatic nitrogens is 4. The number of rotatable bonds is 2. The first-order valence-corrected chi connectivity index (χ1v) is 6.13. The first-order chi connectivity index (χ1) is 9.46. The summed E-state index contributed by atoms with van der Waals surface area (Å²) in [5.74, 6) is 0.254. The number of nitrogens with two attached hydrogens (primary N) is 2. The Morgan fingerprint density at radius 3 is 2.85 bits per heavy atom. The second-order valence-electron chi connectivity index (χ2n) is 5.10. The molecule has 0 amide bonds. The topological polar surface area (TPSA) is 145 Å². The lowest BCUT2D eigenvalue weighted by Crippen LogP contribution is -2.52. The molecule has 9 nitrogen and oxygen atoms in total. The van der Waals surface area contributed by atoms with Crippen molar-refractivity contribution < 1.29 is 14.9 Å². The minimum absolute atomic E-state index is 0.254. The van der Waals surface area contributed by atoms with Crippen LogP contribution in [0.2, 0.25) is 0 Å². The van der Waals surface area contributed by atoms with Crippen molar-refractivity contribution in [3.8, 4) is 0 Å². The summed E-state index contributed by atoms with van der Waals surface area (Å²) >= 11 is 0. The maximum atomic E-state index is 10.1. The number of anilines is 1. The van der Waals surface area contributed by atoms with Crippen LogP contribution in [0.1, 0.15) is 13.2 Å². The molecule has 0 aliphatic carbocycles. The second kappa shape index (κ2) is 4.35. The third-order valence-electron chi connectivity index (χ3n) is 3.64. The van der Waals surface area contributed by atoms with Gasteiger partial charge in [-0.3, -0.25) is 4.57 Å². The molecule has 6 N–H and O–H groups in total. The van der Waals surface area contributed by atoms with E-state index in [1.807, 2.05) is 0 Å². The van der Waals surface area contributed by atoms with Crippen LogP contribution in [0.5, 0.6) is 0 Å². The van der Waals surface area contributed by atoms with Crippen LogP contribution >= 0.6 is 0 Å². The van der Waals surface area contributed by atoms with Crippen molar-refractivity contribution in [1.82, 2.24) is 19.5 Å². The van der Waals surface area contributed by atoms with Gasteiger partial charge in [-0.15, -0.1) is 0 Å². The van der Waals surface area contributed by atoms with Gasteiger partial charge < -0.3 is 26.4 Å². The van der Waals surface area contributed by atoms with E-state index in [1.54, 1.807) is 11.5 Å². The third-order valence-corrected chi connectivity index (χ3v) is 3.64. The Kier molecular flexibility index (Phi) is 2.87. The monoisotopic (exact) mass is 280 g/mol. The molecule has 2 aromatic rings. The predicted octanol–water partition coefficient (Wildman–Crippen LogP) is -1.62. The highest BCUT2D eigenvalue weighted by atomic mass is 16.5. The summed E-state index contributed by atoms with van der Waals surface area (Å²) in [7, 11) is 0. The maximum Gasteiger partial charge on any atom is 0.167 e. The van der Waals surface area contributed by atoms with Crippen molar-refractivity contribution in [3.05, 3.63) is 12.7 Å². The molecule has 0 saturated carbocycles. The number of nitrogens with zero attached hydrogens (tertiary/aromatic N) is 4. The highest BCUT2D eigenvalue weighted by molar-refractivity contribution is 5.81. The van der Waals surface area contributed by atoms with Gasteiger partial charge in [0.25, 0.3) is 0 Å². The molecular weight excluding hydrogens is 264 g/mol. The van der Waals surface area contributed by atoms with Gasteiger partial charge in [-0.05, 0) is 6.92 Å².